The zero-order valence-electron chi connectivity index (χ0n) is 11.3. The van der Waals surface area contributed by atoms with Crippen molar-refractivity contribution in [2.45, 2.75) is 31.7 Å². The predicted octanol–water partition coefficient (Wildman–Crippen LogP) is 2.47. The van der Waals surface area contributed by atoms with Crippen LogP contribution in [0.4, 0.5) is 0 Å². The third kappa shape index (κ3) is 2.60. The first-order valence-corrected chi connectivity index (χ1v) is 7.38. The number of benzene rings is 1. The van der Waals surface area contributed by atoms with Crippen LogP contribution in [0, 0.1) is 5.92 Å². The van der Waals surface area contributed by atoms with Gasteiger partial charge in [-0.1, -0.05) is 37.3 Å². The lowest BCUT2D eigenvalue weighted by atomic mass is 10.1. The summed E-state index contributed by atoms with van der Waals surface area (Å²) in [4.78, 5) is 2.72. The largest absolute Gasteiger partial charge is 0.317 e. The summed E-state index contributed by atoms with van der Waals surface area (Å²) in [6, 6.07) is 11.9. The fourth-order valence-electron chi connectivity index (χ4n) is 3.32. The van der Waals surface area contributed by atoms with Crippen molar-refractivity contribution in [3.05, 3.63) is 35.9 Å². The van der Waals surface area contributed by atoms with Crippen molar-refractivity contribution in [3.8, 4) is 0 Å². The molecular weight excluding hydrogens is 220 g/mol. The summed E-state index contributed by atoms with van der Waals surface area (Å²) in [5.41, 5.74) is 1.54. The molecule has 1 aromatic carbocycles. The molecule has 2 fully saturated rings. The normalized spacial score (nSPS) is 31.7. The first kappa shape index (κ1) is 12.2. The standard InChI is InChI=1S/C16H24N2/c1-2-17-11-13-8-9-18(12-13)16-10-15(16)14-6-4-3-5-7-14/h3-7,13,15-17H,2,8-12H2,1H3. The second kappa shape index (κ2) is 5.41. The average molecular weight is 244 g/mol. The van der Waals surface area contributed by atoms with Gasteiger partial charge >= 0.3 is 0 Å². The maximum absolute atomic E-state index is 3.49. The van der Waals surface area contributed by atoms with Crippen LogP contribution in [0.25, 0.3) is 0 Å². The van der Waals surface area contributed by atoms with Crippen molar-refractivity contribution >= 4 is 0 Å². The predicted molar refractivity (Wildman–Crippen MR) is 75.8 cm³/mol. The highest BCUT2D eigenvalue weighted by Gasteiger charge is 2.44. The van der Waals surface area contributed by atoms with Gasteiger partial charge in [0.2, 0.25) is 0 Å². The molecule has 1 N–H and O–H groups in total. The molecule has 0 radical (unpaired) electrons. The molecule has 3 rings (SSSR count). The van der Waals surface area contributed by atoms with Crippen molar-refractivity contribution in [1.29, 1.82) is 0 Å². The minimum atomic E-state index is 0.809. The SMILES string of the molecule is CCNCC1CCN(C2CC2c2ccccc2)C1. The molecule has 1 saturated heterocycles. The molecule has 1 aliphatic carbocycles. The minimum Gasteiger partial charge on any atom is -0.317 e. The fraction of sp³-hybridized carbons (Fsp3) is 0.625. The minimum absolute atomic E-state index is 0.809. The molecule has 1 aliphatic heterocycles. The van der Waals surface area contributed by atoms with Gasteiger partial charge in [-0.25, -0.2) is 0 Å². The Morgan fingerprint density at radius 2 is 2.11 bits per heavy atom. The number of nitrogens with one attached hydrogen (secondary N) is 1. The summed E-state index contributed by atoms with van der Waals surface area (Å²) in [5, 5.41) is 3.49. The van der Waals surface area contributed by atoms with E-state index in [1.165, 1.54) is 38.0 Å². The summed E-state index contributed by atoms with van der Waals surface area (Å²) in [7, 11) is 0. The summed E-state index contributed by atoms with van der Waals surface area (Å²) in [6.07, 6.45) is 2.75. The molecule has 18 heavy (non-hydrogen) atoms. The van der Waals surface area contributed by atoms with E-state index in [2.05, 4.69) is 47.5 Å². The second-order valence-electron chi connectivity index (χ2n) is 5.78. The van der Waals surface area contributed by atoms with Crippen LogP contribution in [-0.4, -0.2) is 37.1 Å². The number of hydrogen-bond donors (Lipinski definition) is 1. The van der Waals surface area contributed by atoms with Crippen LogP contribution in [0.3, 0.4) is 0 Å². The smallest absolute Gasteiger partial charge is 0.0171 e. The van der Waals surface area contributed by atoms with E-state index in [1.807, 2.05) is 0 Å². The first-order chi connectivity index (χ1) is 8.88. The van der Waals surface area contributed by atoms with Crippen molar-refractivity contribution in [1.82, 2.24) is 10.2 Å². The van der Waals surface area contributed by atoms with Crippen LogP contribution in [-0.2, 0) is 0 Å². The zero-order valence-corrected chi connectivity index (χ0v) is 11.3. The van der Waals surface area contributed by atoms with Gasteiger partial charge in [0, 0.05) is 18.5 Å². The highest BCUT2D eigenvalue weighted by Crippen LogP contribution is 2.46. The lowest BCUT2D eigenvalue weighted by Gasteiger charge is -2.16. The summed E-state index contributed by atoms with van der Waals surface area (Å²) >= 11 is 0. The molecule has 0 aromatic heterocycles. The van der Waals surface area contributed by atoms with E-state index < -0.39 is 0 Å². The maximum Gasteiger partial charge on any atom is 0.0171 e. The van der Waals surface area contributed by atoms with E-state index in [-0.39, 0.29) is 0 Å². The van der Waals surface area contributed by atoms with E-state index in [4.69, 9.17) is 0 Å². The van der Waals surface area contributed by atoms with Gasteiger partial charge in [0.05, 0.1) is 0 Å². The average Bonchev–Trinajstić information content (AvgIpc) is 3.09. The van der Waals surface area contributed by atoms with E-state index in [9.17, 15) is 0 Å². The molecule has 2 aliphatic rings. The molecule has 2 nitrogen and oxygen atoms in total. The maximum atomic E-state index is 3.49. The van der Waals surface area contributed by atoms with Gasteiger partial charge in [-0.15, -0.1) is 0 Å². The Balaban J connectivity index is 1.51. The first-order valence-electron chi connectivity index (χ1n) is 7.38. The molecule has 0 spiro atoms. The van der Waals surface area contributed by atoms with Gasteiger partial charge in [0.25, 0.3) is 0 Å². The molecule has 0 amide bonds. The van der Waals surface area contributed by atoms with Crippen LogP contribution in [0.15, 0.2) is 30.3 Å². The van der Waals surface area contributed by atoms with E-state index in [0.717, 1.165) is 24.4 Å². The summed E-state index contributed by atoms with van der Waals surface area (Å²) in [5.74, 6) is 1.69. The monoisotopic (exact) mass is 244 g/mol. The Morgan fingerprint density at radius 3 is 2.89 bits per heavy atom. The van der Waals surface area contributed by atoms with Gasteiger partial charge in [0.1, 0.15) is 0 Å². The molecule has 0 bridgehead atoms. The summed E-state index contributed by atoms with van der Waals surface area (Å²) in [6.45, 7) is 7.12. The Hall–Kier alpha value is -0.860. The summed E-state index contributed by atoms with van der Waals surface area (Å²) < 4.78 is 0. The molecule has 3 atom stereocenters. The van der Waals surface area contributed by atoms with Crippen LogP contribution in [0.2, 0.25) is 0 Å². The van der Waals surface area contributed by atoms with Gasteiger partial charge in [-0.05, 0) is 44.0 Å². The number of hydrogen-bond acceptors (Lipinski definition) is 2. The fourth-order valence-corrected chi connectivity index (χ4v) is 3.32. The van der Waals surface area contributed by atoms with Crippen LogP contribution < -0.4 is 5.32 Å². The number of likely N-dealkylation sites (tertiary alicyclic amines) is 1. The molecule has 98 valence electrons. The quantitative estimate of drug-likeness (QED) is 0.856. The third-order valence-electron chi connectivity index (χ3n) is 4.45. The van der Waals surface area contributed by atoms with Gasteiger partial charge < -0.3 is 5.32 Å². The van der Waals surface area contributed by atoms with E-state index in [1.54, 1.807) is 0 Å². The second-order valence-corrected chi connectivity index (χ2v) is 5.78. The molecule has 3 unspecified atom stereocenters. The molecule has 2 heteroatoms. The number of nitrogens with zero attached hydrogens (tertiary/aromatic N) is 1. The molecule has 1 saturated carbocycles. The third-order valence-corrected chi connectivity index (χ3v) is 4.45. The molecular formula is C16H24N2. The van der Waals surface area contributed by atoms with Crippen molar-refractivity contribution in [2.24, 2.45) is 5.92 Å². The van der Waals surface area contributed by atoms with Gasteiger partial charge in [-0.3, -0.25) is 4.90 Å². The Morgan fingerprint density at radius 1 is 1.28 bits per heavy atom. The Kier molecular flexibility index (Phi) is 3.67. The van der Waals surface area contributed by atoms with Crippen LogP contribution in [0.1, 0.15) is 31.2 Å². The van der Waals surface area contributed by atoms with Crippen molar-refractivity contribution < 1.29 is 0 Å². The Labute approximate surface area is 110 Å². The van der Waals surface area contributed by atoms with Crippen molar-refractivity contribution in [3.63, 3.8) is 0 Å². The van der Waals surface area contributed by atoms with Crippen LogP contribution >= 0.6 is 0 Å². The Bertz CT molecular complexity index is 376. The molecule has 1 heterocycles. The highest BCUT2D eigenvalue weighted by atomic mass is 15.2. The highest BCUT2D eigenvalue weighted by molar-refractivity contribution is 5.28. The lowest BCUT2D eigenvalue weighted by molar-refractivity contribution is 0.307. The lowest BCUT2D eigenvalue weighted by Crippen LogP contribution is -2.28. The van der Waals surface area contributed by atoms with Gasteiger partial charge in [0.15, 0.2) is 0 Å². The van der Waals surface area contributed by atoms with Crippen molar-refractivity contribution in [2.75, 3.05) is 26.2 Å². The van der Waals surface area contributed by atoms with E-state index in [0.29, 0.717) is 0 Å². The van der Waals surface area contributed by atoms with E-state index >= 15 is 0 Å². The topological polar surface area (TPSA) is 15.3 Å². The molecule has 1 aromatic rings. The van der Waals surface area contributed by atoms with Crippen LogP contribution in [0.5, 0.6) is 0 Å². The van der Waals surface area contributed by atoms with Gasteiger partial charge in [-0.2, -0.15) is 0 Å². The number of rotatable bonds is 5. The zero-order chi connectivity index (χ0) is 12.4.